The molecule has 3 fully saturated rings. The molecule has 1 aromatic carbocycles. The minimum atomic E-state index is -1.07. The third kappa shape index (κ3) is 3.71. The zero-order valence-corrected chi connectivity index (χ0v) is 20.5. The van der Waals surface area contributed by atoms with Crippen LogP contribution < -0.4 is 10.6 Å². The molecular formula is C26H37N3O5. The van der Waals surface area contributed by atoms with Crippen molar-refractivity contribution in [1.29, 1.82) is 0 Å². The van der Waals surface area contributed by atoms with Crippen molar-refractivity contribution in [3.05, 3.63) is 35.9 Å². The zero-order chi connectivity index (χ0) is 24.7. The van der Waals surface area contributed by atoms with Crippen LogP contribution in [0.1, 0.15) is 52.0 Å². The van der Waals surface area contributed by atoms with E-state index in [0.717, 1.165) is 5.56 Å². The van der Waals surface area contributed by atoms with Crippen LogP contribution in [0, 0.1) is 17.8 Å². The van der Waals surface area contributed by atoms with Crippen molar-refractivity contribution >= 4 is 17.7 Å². The van der Waals surface area contributed by atoms with Crippen molar-refractivity contribution in [1.82, 2.24) is 15.5 Å². The number of nitrogens with one attached hydrogen (secondary N) is 2. The van der Waals surface area contributed by atoms with Crippen molar-refractivity contribution in [2.45, 2.75) is 76.3 Å². The number of carbonyl (C=O) groups is 3. The number of ether oxygens (including phenoxy) is 1. The van der Waals surface area contributed by atoms with Crippen LogP contribution in [-0.4, -0.2) is 64.7 Å². The van der Waals surface area contributed by atoms with E-state index in [1.54, 1.807) is 11.9 Å². The molecule has 4 rings (SSSR count). The topological polar surface area (TPSA) is 108 Å². The molecule has 3 amide bonds. The fourth-order valence-corrected chi connectivity index (χ4v) is 6.60. The summed E-state index contributed by atoms with van der Waals surface area (Å²) < 4.78 is 6.68. The molecule has 3 N–H and O–H groups in total. The number of nitrogens with zero attached hydrogens (tertiary/aromatic N) is 1. The Labute approximate surface area is 201 Å². The van der Waals surface area contributed by atoms with Crippen LogP contribution in [0.4, 0.5) is 0 Å². The van der Waals surface area contributed by atoms with Crippen molar-refractivity contribution in [3.8, 4) is 0 Å². The smallest absolute Gasteiger partial charge is 0.246 e. The van der Waals surface area contributed by atoms with Gasteiger partial charge in [0.1, 0.15) is 11.6 Å². The monoisotopic (exact) mass is 471 g/mol. The van der Waals surface area contributed by atoms with Gasteiger partial charge in [-0.3, -0.25) is 14.4 Å². The van der Waals surface area contributed by atoms with Gasteiger partial charge in [-0.15, -0.1) is 0 Å². The Hall–Kier alpha value is -2.45. The highest BCUT2D eigenvalue weighted by atomic mass is 16.5. The third-order valence-electron chi connectivity index (χ3n) is 8.05. The number of hydrogen-bond donors (Lipinski definition) is 3. The van der Waals surface area contributed by atoms with Crippen molar-refractivity contribution in [2.75, 3.05) is 13.7 Å². The number of aliphatic hydroxyl groups excluding tert-OH is 1. The zero-order valence-electron chi connectivity index (χ0n) is 20.5. The van der Waals surface area contributed by atoms with Crippen molar-refractivity contribution in [3.63, 3.8) is 0 Å². The Balaban J connectivity index is 1.74. The molecule has 0 saturated carbocycles. The normalized spacial score (nSPS) is 32.7. The molecule has 3 saturated heterocycles. The molecule has 0 aromatic heterocycles. The summed E-state index contributed by atoms with van der Waals surface area (Å²) in [7, 11) is 1.57. The van der Waals surface area contributed by atoms with Crippen LogP contribution in [0.5, 0.6) is 0 Å². The van der Waals surface area contributed by atoms with Gasteiger partial charge in [-0.1, -0.05) is 51.1 Å². The quantitative estimate of drug-likeness (QED) is 0.507. The Morgan fingerprint density at radius 1 is 1.21 bits per heavy atom. The van der Waals surface area contributed by atoms with E-state index in [0.29, 0.717) is 32.2 Å². The lowest BCUT2D eigenvalue weighted by Gasteiger charge is -2.37. The van der Waals surface area contributed by atoms with Gasteiger partial charge in [0, 0.05) is 13.6 Å². The molecule has 186 valence electrons. The molecule has 0 aliphatic carbocycles. The molecule has 2 unspecified atom stereocenters. The maximum Gasteiger partial charge on any atom is 0.246 e. The number of benzene rings is 1. The van der Waals surface area contributed by atoms with E-state index >= 15 is 0 Å². The lowest BCUT2D eigenvalue weighted by atomic mass is 9.65. The molecule has 3 aliphatic heterocycles. The van der Waals surface area contributed by atoms with Gasteiger partial charge >= 0.3 is 0 Å². The highest BCUT2D eigenvalue weighted by Gasteiger charge is 2.79. The van der Waals surface area contributed by atoms with Crippen LogP contribution in [-0.2, 0) is 25.7 Å². The summed E-state index contributed by atoms with van der Waals surface area (Å²) in [4.78, 5) is 42.4. The second kappa shape index (κ2) is 9.30. The summed E-state index contributed by atoms with van der Waals surface area (Å²) >= 11 is 0. The fourth-order valence-electron chi connectivity index (χ4n) is 6.60. The van der Waals surface area contributed by atoms with E-state index < -0.39 is 35.1 Å². The Kier molecular flexibility index (Phi) is 6.75. The predicted octanol–water partition coefficient (Wildman–Crippen LogP) is 1.61. The first-order chi connectivity index (χ1) is 16.2. The van der Waals surface area contributed by atoms with Gasteiger partial charge in [0.05, 0.1) is 30.1 Å². The van der Waals surface area contributed by atoms with Gasteiger partial charge < -0.3 is 25.4 Å². The van der Waals surface area contributed by atoms with Crippen LogP contribution >= 0.6 is 0 Å². The number of carbonyl (C=O) groups excluding carboxylic acids is 3. The molecule has 3 aliphatic rings. The van der Waals surface area contributed by atoms with E-state index in [1.165, 1.54) is 0 Å². The van der Waals surface area contributed by atoms with Crippen LogP contribution in [0.2, 0.25) is 0 Å². The molecule has 0 radical (unpaired) electrons. The van der Waals surface area contributed by atoms with Gasteiger partial charge in [0.2, 0.25) is 17.7 Å². The third-order valence-corrected chi connectivity index (χ3v) is 8.05. The van der Waals surface area contributed by atoms with Crippen molar-refractivity contribution in [2.24, 2.45) is 17.8 Å². The average molecular weight is 472 g/mol. The molecule has 6 atom stereocenters. The molecular weight excluding hydrogens is 434 g/mol. The van der Waals surface area contributed by atoms with Crippen LogP contribution in [0.25, 0.3) is 0 Å². The summed E-state index contributed by atoms with van der Waals surface area (Å²) in [6.07, 6.45) is 2.29. The minimum Gasteiger partial charge on any atom is -0.394 e. The van der Waals surface area contributed by atoms with Gasteiger partial charge in [-0.2, -0.15) is 0 Å². The Morgan fingerprint density at radius 3 is 2.50 bits per heavy atom. The minimum absolute atomic E-state index is 0.213. The summed E-state index contributed by atoms with van der Waals surface area (Å²) in [5.74, 6) is -1.97. The number of hydrogen-bond acceptors (Lipinski definition) is 5. The first kappa shape index (κ1) is 24.7. The summed E-state index contributed by atoms with van der Waals surface area (Å²) in [6, 6.07) is 8.18. The SMILES string of the molecule is CC[C@@]12CCC3(O1)C(C(=O)NCc1ccccc1)N([C@@H](CO)CC(C)C)C(=O)[C@@H]3[C@@H]2C(=O)NC. The molecule has 1 aromatic rings. The number of rotatable bonds is 9. The standard InChI is InChI=1S/C26H37N3O5/c1-5-25-11-12-26(34-25)20(19(25)22(31)27-4)24(33)29(18(15-30)13-16(2)3)21(26)23(32)28-14-17-9-7-6-8-10-17/h6-10,16,18-21,30H,5,11-15H2,1-4H3,(H,27,31)(H,28,32)/t18-,19-,20+,21?,25+,26?/m1/s1. The van der Waals surface area contributed by atoms with Gasteiger partial charge in [0.25, 0.3) is 0 Å². The van der Waals surface area contributed by atoms with Crippen molar-refractivity contribution < 1.29 is 24.2 Å². The maximum atomic E-state index is 14.0. The first-order valence-corrected chi connectivity index (χ1v) is 12.4. The van der Waals surface area contributed by atoms with Gasteiger partial charge in [-0.05, 0) is 37.2 Å². The molecule has 2 bridgehead atoms. The summed E-state index contributed by atoms with van der Waals surface area (Å²) in [5.41, 5.74) is -0.876. The van der Waals surface area contributed by atoms with Gasteiger partial charge in [-0.25, -0.2) is 0 Å². The Morgan fingerprint density at radius 2 is 1.91 bits per heavy atom. The van der Waals surface area contributed by atoms with Crippen LogP contribution in [0.15, 0.2) is 30.3 Å². The number of aliphatic hydroxyl groups is 1. The summed E-state index contributed by atoms with van der Waals surface area (Å²) in [6.45, 7) is 6.09. The van der Waals surface area contributed by atoms with Crippen LogP contribution in [0.3, 0.4) is 0 Å². The predicted molar refractivity (Wildman–Crippen MR) is 126 cm³/mol. The molecule has 34 heavy (non-hydrogen) atoms. The number of fused-ring (bicyclic) bond motifs is 1. The largest absolute Gasteiger partial charge is 0.394 e. The maximum absolute atomic E-state index is 14.0. The van der Waals surface area contributed by atoms with E-state index in [2.05, 4.69) is 10.6 Å². The highest BCUT2D eigenvalue weighted by Crippen LogP contribution is 2.64. The first-order valence-electron chi connectivity index (χ1n) is 12.4. The van der Waals surface area contributed by atoms with E-state index in [4.69, 9.17) is 4.74 Å². The Bertz CT molecular complexity index is 938. The fraction of sp³-hybridized carbons (Fsp3) is 0.654. The number of amides is 3. The van der Waals surface area contributed by atoms with E-state index in [1.807, 2.05) is 51.1 Å². The second-order valence-corrected chi connectivity index (χ2v) is 10.4. The van der Waals surface area contributed by atoms with E-state index in [9.17, 15) is 19.5 Å². The molecule has 8 nitrogen and oxygen atoms in total. The lowest BCUT2D eigenvalue weighted by Crippen LogP contribution is -2.58. The van der Waals surface area contributed by atoms with E-state index in [-0.39, 0.29) is 30.2 Å². The highest BCUT2D eigenvalue weighted by molar-refractivity contribution is 5.99. The molecule has 1 spiro atoms. The number of likely N-dealkylation sites (tertiary alicyclic amines) is 1. The second-order valence-electron chi connectivity index (χ2n) is 10.4. The molecule has 3 heterocycles. The summed E-state index contributed by atoms with van der Waals surface area (Å²) in [5, 5.41) is 16.0. The lowest BCUT2D eigenvalue weighted by molar-refractivity contribution is -0.151. The average Bonchev–Trinajstić information content (AvgIpc) is 3.44. The van der Waals surface area contributed by atoms with Gasteiger partial charge in [0.15, 0.2) is 0 Å². The molecule has 8 heteroatoms.